The van der Waals surface area contributed by atoms with Gasteiger partial charge < -0.3 is 15.3 Å². The molecule has 20 heavy (non-hydrogen) atoms. The van der Waals surface area contributed by atoms with Crippen molar-refractivity contribution in [1.82, 2.24) is 5.32 Å². The molecule has 0 amide bonds. The van der Waals surface area contributed by atoms with Crippen molar-refractivity contribution in [3.05, 3.63) is 29.3 Å². The first kappa shape index (κ1) is 15.3. The van der Waals surface area contributed by atoms with E-state index in [0.29, 0.717) is 6.54 Å². The van der Waals surface area contributed by atoms with Gasteiger partial charge in [-0.15, -0.1) is 0 Å². The van der Waals surface area contributed by atoms with E-state index in [-0.39, 0.29) is 0 Å². The van der Waals surface area contributed by atoms with Crippen LogP contribution in [0.3, 0.4) is 0 Å². The Morgan fingerprint density at radius 1 is 1.35 bits per heavy atom. The molecule has 3 nitrogen and oxygen atoms in total. The van der Waals surface area contributed by atoms with Crippen LogP contribution in [0.2, 0.25) is 0 Å². The monoisotopic (exact) mass is 276 g/mol. The van der Waals surface area contributed by atoms with Crippen LogP contribution in [0.25, 0.3) is 0 Å². The standard InChI is InChI=1S/C17H28N2O/c1-5-19(12-17(3,4)20)16-9-6-14(13(2)10-16)11-18-15-7-8-15/h6,9-10,15,18,20H,5,7-8,11-12H2,1-4H3. The highest BCUT2D eigenvalue weighted by atomic mass is 16.3. The van der Waals surface area contributed by atoms with Gasteiger partial charge in [-0.25, -0.2) is 0 Å². The van der Waals surface area contributed by atoms with Crippen LogP contribution < -0.4 is 10.2 Å². The lowest BCUT2D eigenvalue weighted by Gasteiger charge is -2.30. The van der Waals surface area contributed by atoms with E-state index in [9.17, 15) is 5.11 Å². The lowest BCUT2D eigenvalue weighted by atomic mass is 10.1. The zero-order valence-corrected chi connectivity index (χ0v) is 13.2. The molecule has 0 aliphatic heterocycles. The topological polar surface area (TPSA) is 35.5 Å². The maximum absolute atomic E-state index is 10.0. The summed E-state index contributed by atoms with van der Waals surface area (Å²) in [7, 11) is 0. The molecule has 1 fully saturated rings. The number of nitrogens with one attached hydrogen (secondary N) is 1. The first-order chi connectivity index (χ1) is 9.39. The Labute approximate surface area is 123 Å². The van der Waals surface area contributed by atoms with Crippen molar-refractivity contribution >= 4 is 5.69 Å². The molecule has 0 radical (unpaired) electrons. The lowest BCUT2D eigenvalue weighted by molar-refractivity contribution is 0.0876. The number of rotatable bonds is 7. The van der Waals surface area contributed by atoms with E-state index in [1.807, 2.05) is 13.8 Å². The van der Waals surface area contributed by atoms with Gasteiger partial charge in [0.05, 0.1) is 5.60 Å². The first-order valence-corrected chi connectivity index (χ1v) is 7.69. The van der Waals surface area contributed by atoms with Crippen molar-refractivity contribution in [3.8, 4) is 0 Å². The van der Waals surface area contributed by atoms with Gasteiger partial charge in [0.1, 0.15) is 0 Å². The number of hydrogen-bond donors (Lipinski definition) is 2. The predicted molar refractivity (Wildman–Crippen MR) is 85.2 cm³/mol. The maximum Gasteiger partial charge on any atom is 0.0765 e. The Morgan fingerprint density at radius 3 is 2.55 bits per heavy atom. The Kier molecular flexibility index (Phi) is 4.71. The van der Waals surface area contributed by atoms with E-state index < -0.39 is 5.60 Å². The Hall–Kier alpha value is -1.06. The highest BCUT2D eigenvalue weighted by Gasteiger charge is 2.21. The summed E-state index contributed by atoms with van der Waals surface area (Å²) in [4.78, 5) is 2.23. The number of likely N-dealkylation sites (N-methyl/N-ethyl adjacent to an activating group) is 1. The van der Waals surface area contributed by atoms with E-state index in [2.05, 4.69) is 42.3 Å². The van der Waals surface area contributed by atoms with Crippen LogP contribution in [0.1, 0.15) is 44.7 Å². The summed E-state index contributed by atoms with van der Waals surface area (Å²) in [6, 6.07) is 7.37. The molecule has 0 unspecified atom stereocenters. The molecule has 1 aromatic rings. The van der Waals surface area contributed by atoms with Crippen molar-refractivity contribution < 1.29 is 5.11 Å². The molecule has 2 rings (SSSR count). The average Bonchev–Trinajstić information content (AvgIpc) is 3.17. The Morgan fingerprint density at radius 2 is 2.05 bits per heavy atom. The van der Waals surface area contributed by atoms with Crippen LogP contribution in [0.5, 0.6) is 0 Å². The molecule has 0 saturated heterocycles. The summed E-state index contributed by atoms with van der Waals surface area (Å²) in [5.41, 5.74) is 3.22. The average molecular weight is 276 g/mol. The second-order valence-electron chi connectivity index (χ2n) is 6.59. The number of aliphatic hydroxyl groups is 1. The number of anilines is 1. The number of nitrogens with zero attached hydrogens (tertiary/aromatic N) is 1. The summed E-state index contributed by atoms with van der Waals surface area (Å²) in [5, 5.41) is 13.6. The Bertz CT molecular complexity index is 447. The SMILES string of the molecule is CCN(CC(C)(C)O)c1ccc(CNC2CC2)c(C)c1. The van der Waals surface area contributed by atoms with Gasteiger partial charge in [0.2, 0.25) is 0 Å². The van der Waals surface area contributed by atoms with Crippen LogP contribution in [0.4, 0.5) is 5.69 Å². The van der Waals surface area contributed by atoms with E-state index in [4.69, 9.17) is 0 Å². The van der Waals surface area contributed by atoms with Crippen molar-refractivity contribution in [2.45, 2.75) is 58.7 Å². The molecule has 1 saturated carbocycles. The molecular formula is C17H28N2O. The lowest BCUT2D eigenvalue weighted by Crippen LogP contribution is -2.38. The fourth-order valence-electron chi connectivity index (χ4n) is 2.47. The molecule has 0 bridgehead atoms. The predicted octanol–water partition coefficient (Wildman–Crippen LogP) is 2.84. The molecule has 3 heteroatoms. The molecule has 1 aliphatic rings. The highest BCUT2D eigenvalue weighted by molar-refractivity contribution is 5.51. The minimum absolute atomic E-state index is 0.655. The minimum atomic E-state index is -0.671. The van der Waals surface area contributed by atoms with Gasteiger partial charge in [-0.2, -0.15) is 0 Å². The fraction of sp³-hybridized carbons (Fsp3) is 0.647. The molecule has 0 aromatic heterocycles. The largest absolute Gasteiger partial charge is 0.389 e. The van der Waals surface area contributed by atoms with Gasteiger partial charge in [-0.3, -0.25) is 0 Å². The van der Waals surface area contributed by atoms with Gasteiger partial charge in [0.15, 0.2) is 0 Å². The molecule has 0 heterocycles. The molecule has 0 atom stereocenters. The van der Waals surface area contributed by atoms with Crippen molar-refractivity contribution in [2.24, 2.45) is 0 Å². The normalized spacial score (nSPS) is 15.4. The van der Waals surface area contributed by atoms with Gasteiger partial charge >= 0.3 is 0 Å². The third-order valence-corrected chi connectivity index (χ3v) is 3.81. The molecular weight excluding hydrogens is 248 g/mol. The zero-order chi connectivity index (χ0) is 14.8. The van der Waals surface area contributed by atoms with Gasteiger partial charge in [-0.1, -0.05) is 6.07 Å². The van der Waals surface area contributed by atoms with Gasteiger partial charge in [0.25, 0.3) is 0 Å². The molecule has 112 valence electrons. The van der Waals surface area contributed by atoms with Crippen LogP contribution >= 0.6 is 0 Å². The maximum atomic E-state index is 10.0. The first-order valence-electron chi connectivity index (χ1n) is 7.69. The van der Waals surface area contributed by atoms with Crippen LogP contribution in [0.15, 0.2) is 18.2 Å². The molecule has 1 aliphatic carbocycles. The third kappa shape index (κ3) is 4.50. The highest BCUT2D eigenvalue weighted by Crippen LogP contribution is 2.23. The fourth-order valence-corrected chi connectivity index (χ4v) is 2.47. The number of aryl methyl sites for hydroxylation is 1. The van der Waals surface area contributed by atoms with Crippen LogP contribution in [-0.2, 0) is 6.54 Å². The summed E-state index contributed by atoms with van der Waals surface area (Å²) >= 11 is 0. The number of hydrogen-bond acceptors (Lipinski definition) is 3. The van der Waals surface area contributed by atoms with E-state index in [1.54, 1.807) is 0 Å². The molecule has 2 N–H and O–H groups in total. The summed E-state index contributed by atoms with van der Waals surface area (Å²) in [6.45, 7) is 10.5. The Balaban J connectivity index is 2.05. The molecule has 1 aromatic carbocycles. The summed E-state index contributed by atoms with van der Waals surface area (Å²) < 4.78 is 0. The van der Waals surface area contributed by atoms with Crippen LogP contribution in [-0.4, -0.2) is 29.8 Å². The zero-order valence-electron chi connectivity index (χ0n) is 13.2. The van der Waals surface area contributed by atoms with Gasteiger partial charge in [-0.05, 0) is 63.8 Å². The van der Waals surface area contributed by atoms with Crippen molar-refractivity contribution in [2.75, 3.05) is 18.0 Å². The smallest absolute Gasteiger partial charge is 0.0765 e. The summed E-state index contributed by atoms with van der Waals surface area (Å²) in [6.07, 6.45) is 2.65. The number of benzene rings is 1. The van der Waals surface area contributed by atoms with Gasteiger partial charge in [0, 0.05) is 31.4 Å². The van der Waals surface area contributed by atoms with E-state index in [1.165, 1.54) is 29.7 Å². The quantitative estimate of drug-likeness (QED) is 0.804. The van der Waals surface area contributed by atoms with E-state index >= 15 is 0 Å². The third-order valence-electron chi connectivity index (χ3n) is 3.81. The minimum Gasteiger partial charge on any atom is -0.389 e. The van der Waals surface area contributed by atoms with Crippen LogP contribution in [0, 0.1) is 6.92 Å². The van der Waals surface area contributed by atoms with Crippen molar-refractivity contribution in [1.29, 1.82) is 0 Å². The second kappa shape index (κ2) is 6.15. The second-order valence-corrected chi connectivity index (χ2v) is 6.59. The molecule has 0 spiro atoms. The summed E-state index contributed by atoms with van der Waals surface area (Å²) in [5.74, 6) is 0. The van der Waals surface area contributed by atoms with E-state index in [0.717, 1.165) is 19.1 Å². The van der Waals surface area contributed by atoms with Crippen molar-refractivity contribution in [3.63, 3.8) is 0 Å².